The van der Waals surface area contributed by atoms with Gasteiger partial charge in [0.2, 0.25) is 0 Å². The van der Waals surface area contributed by atoms with E-state index < -0.39 is 0 Å². The van der Waals surface area contributed by atoms with Crippen molar-refractivity contribution >= 4 is 33.2 Å². The summed E-state index contributed by atoms with van der Waals surface area (Å²) in [5.74, 6) is 1.45. The number of nitrogens with zero attached hydrogens (tertiary/aromatic N) is 1. The van der Waals surface area contributed by atoms with Crippen LogP contribution in [0.1, 0.15) is 85.0 Å². The van der Waals surface area contributed by atoms with Crippen molar-refractivity contribution in [1.29, 1.82) is 0 Å². The molecule has 1 aliphatic heterocycles. The summed E-state index contributed by atoms with van der Waals surface area (Å²) in [6.45, 7) is 5.34. The molecule has 6 heteroatoms. The number of ether oxygens (including phenoxy) is 2. The molecule has 1 saturated heterocycles. The van der Waals surface area contributed by atoms with Crippen molar-refractivity contribution in [3.63, 3.8) is 0 Å². The van der Waals surface area contributed by atoms with Crippen LogP contribution in [0.2, 0.25) is 0 Å². The monoisotopic (exact) mass is 505 g/mol. The number of benzene rings is 2. The molecule has 2 heterocycles. The first-order chi connectivity index (χ1) is 17.6. The highest BCUT2D eigenvalue weighted by molar-refractivity contribution is 7.19. The first-order valence-electron chi connectivity index (χ1n) is 13.3. The number of likely N-dealkylation sites (tertiary alicyclic amines) is 1. The smallest absolute Gasteiger partial charge is 0.308 e. The van der Waals surface area contributed by atoms with E-state index in [0.29, 0.717) is 23.8 Å². The Hall–Kier alpha value is -2.70. The SMILES string of the molecule is CC(=O)Oc1ccc2c(C(=O)c3ccc(OCCN4CCCCC4)cc3)c(C3CCCCC3)sc2c1. The van der Waals surface area contributed by atoms with Crippen LogP contribution in [0.25, 0.3) is 10.1 Å². The number of carbonyl (C=O) groups is 2. The first kappa shape index (κ1) is 25.0. The Labute approximate surface area is 217 Å². The lowest BCUT2D eigenvalue weighted by Crippen LogP contribution is -2.33. The lowest BCUT2D eigenvalue weighted by Gasteiger charge is -2.26. The van der Waals surface area contributed by atoms with Crippen molar-refractivity contribution in [3.05, 3.63) is 58.5 Å². The molecule has 1 aliphatic carbocycles. The van der Waals surface area contributed by atoms with E-state index in [1.807, 2.05) is 36.4 Å². The maximum atomic E-state index is 13.9. The van der Waals surface area contributed by atoms with Crippen LogP contribution in [0.3, 0.4) is 0 Å². The van der Waals surface area contributed by atoms with Crippen LogP contribution < -0.4 is 9.47 Å². The van der Waals surface area contributed by atoms with Crippen LogP contribution in [0.15, 0.2) is 42.5 Å². The van der Waals surface area contributed by atoms with Gasteiger partial charge in [0.05, 0.1) is 0 Å². The fourth-order valence-corrected chi connectivity index (χ4v) is 6.93. The van der Waals surface area contributed by atoms with Gasteiger partial charge in [-0.3, -0.25) is 14.5 Å². The summed E-state index contributed by atoms with van der Waals surface area (Å²) in [4.78, 5) is 28.9. The molecule has 0 unspecified atom stereocenters. The Morgan fingerprint density at radius 1 is 0.917 bits per heavy atom. The lowest BCUT2D eigenvalue weighted by molar-refractivity contribution is -0.131. The maximum Gasteiger partial charge on any atom is 0.308 e. The quantitative estimate of drug-likeness (QED) is 0.188. The van der Waals surface area contributed by atoms with Crippen LogP contribution in [0.5, 0.6) is 11.5 Å². The molecule has 1 aromatic heterocycles. The second-order valence-electron chi connectivity index (χ2n) is 10.0. The van der Waals surface area contributed by atoms with Gasteiger partial charge in [0, 0.05) is 39.6 Å². The van der Waals surface area contributed by atoms with E-state index in [9.17, 15) is 9.59 Å². The number of esters is 1. The van der Waals surface area contributed by atoms with Gasteiger partial charge in [0.25, 0.3) is 0 Å². The second kappa shape index (κ2) is 11.6. The third-order valence-corrected chi connectivity index (χ3v) is 8.71. The van der Waals surface area contributed by atoms with Gasteiger partial charge in [-0.05, 0) is 87.2 Å². The molecule has 2 aromatic carbocycles. The molecule has 5 nitrogen and oxygen atoms in total. The average Bonchev–Trinajstić information content (AvgIpc) is 3.28. The van der Waals surface area contributed by atoms with Crippen LogP contribution in [0.4, 0.5) is 0 Å². The minimum absolute atomic E-state index is 0.0573. The zero-order valence-electron chi connectivity index (χ0n) is 21.1. The summed E-state index contributed by atoms with van der Waals surface area (Å²) in [6, 6.07) is 13.2. The van der Waals surface area contributed by atoms with Crippen LogP contribution in [-0.2, 0) is 4.79 Å². The van der Waals surface area contributed by atoms with E-state index in [4.69, 9.17) is 9.47 Å². The molecule has 0 atom stereocenters. The topological polar surface area (TPSA) is 55.8 Å². The van der Waals surface area contributed by atoms with Crippen molar-refractivity contribution in [2.75, 3.05) is 26.2 Å². The predicted octanol–water partition coefficient (Wildman–Crippen LogP) is 6.97. The van der Waals surface area contributed by atoms with Crippen molar-refractivity contribution in [2.24, 2.45) is 0 Å². The van der Waals surface area contributed by atoms with E-state index in [-0.39, 0.29) is 11.8 Å². The summed E-state index contributed by atoms with van der Waals surface area (Å²) < 4.78 is 12.3. The fourth-order valence-electron chi connectivity index (χ4n) is 5.53. The van der Waals surface area contributed by atoms with E-state index in [2.05, 4.69) is 4.90 Å². The molecular formula is C30H35NO4S. The van der Waals surface area contributed by atoms with E-state index in [1.54, 1.807) is 17.4 Å². The van der Waals surface area contributed by atoms with Gasteiger partial charge in [0.1, 0.15) is 18.1 Å². The van der Waals surface area contributed by atoms with Crippen molar-refractivity contribution < 1.29 is 19.1 Å². The second-order valence-corrected chi connectivity index (χ2v) is 11.1. The van der Waals surface area contributed by atoms with Crippen LogP contribution in [0, 0.1) is 0 Å². The van der Waals surface area contributed by atoms with Crippen molar-refractivity contribution in [2.45, 2.75) is 64.2 Å². The molecular weight excluding hydrogens is 470 g/mol. The summed E-state index contributed by atoms with van der Waals surface area (Å²) >= 11 is 1.68. The molecule has 2 fully saturated rings. The lowest BCUT2D eigenvalue weighted by atomic mass is 9.85. The number of hydrogen-bond donors (Lipinski definition) is 0. The molecule has 0 bridgehead atoms. The normalized spacial score (nSPS) is 17.2. The third-order valence-electron chi connectivity index (χ3n) is 7.39. The predicted molar refractivity (Wildman–Crippen MR) is 145 cm³/mol. The molecule has 0 spiro atoms. The molecule has 0 N–H and O–H groups in total. The molecule has 2 aliphatic rings. The number of fused-ring (bicyclic) bond motifs is 1. The Balaban J connectivity index is 1.36. The molecule has 0 radical (unpaired) electrons. The molecule has 0 amide bonds. The Kier molecular flexibility index (Phi) is 8.02. The van der Waals surface area contributed by atoms with Gasteiger partial charge in [-0.15, -0.1) is 11.3 Å². The number of thiophene rings is 1. The minimum Gasteiger partial charge on any atom is -0.492 e. The van der Waals surface area contributed by atoms with E-state index >= 15 is 0 Å². The minimum atomic E-state index is -0.340. The van der Waals surface area contributed by atoms with Gasteiger partial charge in [-0.2, -0.15) is 0 Å². The third kappa shape index (κ3) is 5.81. The molecule has 3 aromatic rings. The summed E-state index contributed by atoms with van der Waals surface area (Å²) in [5, 5.41) is 0.948. The molecule has 5 rings (SSSR count). The Morgan fingerprint density at radius 3 is 2.33 bits per heavy atom. The first-order valence-corrected chi connectivity index (χ1v) is 14.1. The highest BCUT2D eigenvalue weighted by Gasteiger charge is 2.27. The standard InChI is InChI=1S/C30H35NO4S/c1-21(32)35-25-14-15-26-27(20-25)36-30(23-8-4-2-5-9-23)28(26)29(33)22-10-12-24(13-11-22)34-19-18-31-16-6-3-7-17-31/h10-15,20,23H,2-9,16-19H2,1H3. The highest BCUT2D eigenvalue weighted by atomic mass is 32.1. The molecule has 190 valence electrons. The largest absolute Gasteiger partial charge is 0.492 e. The fraction of sp³-hybridized carbons (Fsp3) is 0.467. The Morgan fingerprint density at radius 2 is 1.61 bits per heavy atom. The van der Waals surface area contributed by atoms with Gasteiger partial charge >= 0.3 is 5.97 Å². The van der Waals surface area contributed by atoms with Gasteiger partial charge < -0.3 is 9.47 Å². The number of carbonyl (C=O) groups excluding carboxylic acids is 2. The van der Waals surface area contributed by atoms with E-state index in [0.717, 1.165) is 53.9 Å². The average molecular weight is 506 g/mol. The van der Waals surface area contributed by atoms with Gasteiger partial charge in [-0.1, -0.05) is 25.7 Å². The number of rotatable bonds is 8. The molecule has 1 saturated carbocycles. The summed E-state index contributed by atoms with van der Waals surface area (Å²) in [7, 11) is 0. The molecule has 36 heavy (non-hydrogen) atoms. The number of ketones is 1. The van der Waals surface area contributed by atoms with Crippen LogP contribution in [-0.4, -0.2) is 42.9 Å². The van der Waals surface area contributed by atoms with Gasteiger partial charge in [-0.25, -0.2) is 0 Å². The van der Waals surface area contributed by atoms with Crippen molar-refractivity contribution in [3.8, 4) is 11.5 Å². The number of piperidine rings is 1. The van der Waals surface area contributed by atoms with Crippen LogP contribution >= 0.6 is 11.3 Å². The zero-order valence-corrected chi connectivity index (χ0v) is 21.9. The number of hydrogen-bond acceptors (Lipinski definition) is 6. The van der Waals surface area contributed by atoms with Gasteiger partial charge in [0.15, 0.2) is 5.78 Å². The summed E-state index contributed by atoms with van der Waals surface area (Å²) in [5.41, 5.74) is 1.49. The van der Waals surface area contributed by atoms with Crippen molar-refractivity contribution in [1.82, 2.24) is 4.90 Å². The highest BCUT2D eigenvalue weighted by Crippen LogP contribution is 2.44. The van der Waals surface area contributed by atoms with E-state index in [1.165, 1.54) is 50.3 Å². The Bertz CT molecular complexity index is 1200. The maximum absolute atomic E-state index is 13.9. The summed E-state index contributed by atoms with van der Waals surface area (Å²) in [6.07, 6.45) is 9.80. The zero-order chi connectivity index (χ0) is 24.9.